The number of hydrogen-bond acceptors (Lipinski definition) is 4. The smallest absolute Gasteiger partial charge is 0.222 e. The van der Waals surface area contributed by atoms with Crippen molar-refractivity contribution in [1.82, 2.24) is 14.8 Å². The number of rotatable bonds is 5. The van der Waals surface area contributed by atoms with Crippen molar-refractivity contribution in [2.24, 2.45) is 0 Å². The molecule has 0 spiro atoms. The molecule has 3 heterocycles. The van der Waals surface area contributed by atoms with Gasteiger partial charge in [0.15, 0.2) is 0 Å². The first-order valence-corrected chi connectivity index (χ1v) is 11.0. The molecule has 0 amide bonds. The lowest BCUT2D eigenvalue weighted by Crippen LogP contribution is -2.12. The second-order valence-corrected chi connectivity index (χ2v) is 8.61. The van der Waals surface area contributed by atoms with Crippen molar-refractivity contribution in [1.29, 1.82) is 0 Å². The van der Waals surface area contributed by atoms with Crippen molar-refractivity contribution in [2.75, 3.05) is 0 Å². The molecule has 146 valence electrons. The van der Waals surface area contributed by atoms with Crippen LogP contribution in [0.25, 0.3) is 26.7 Å². The molecule has 1 aromatic carbocycles. The van der Waals surface area contributed by atoms with Crippen molar-refractivity contribution < 1.29 is 4.74 Å². The zero-order valence-electron chi connectivity index (χ0n) is 15.8. The third kappa shape index (κ3) is 3.68. The number of aromatic nitrogens is 3. The van der Waals surface area contributed by atoms with Gasteiger partial charge < -0.3 is 4.74 Å². The summed E-state index contributed by atoms with van der Waals surface area (Å²) in [6.07, 6.45) is 8.59. The standard InChI is InChI=1S/C23H20ClN3OS/c24-18-9-3-4-10-19(18)27-20(13-15-26-27)22-12-11-21(29-22)17-8-5-14-25-23(17)28-16-6-1-2-7-16/h3-5,8-16H,1-2,6-7H2. The van der Waals surface area contributed by atoms with E-state index in [4.69, 9.17) is 16.3 Å². The fraction of sp³-hybridized carbons (Fsp3) is 0.217. The van der Waals surface area contributed by atoms with Crippen molar-refractivity contribution >= 4 is 22.9 Å². The Balaban J connectivity index is 1.49. The van der Waals surface area contributed by atoms with Crippen LogP contribution in [0.5, 0.6) is 5.88 Å². The molecule has 1 saturated carbocycles. The van der Waals surface area contributed by atoms with E-state index in [1.54, 1.807) is 23.7 Å². The third-order valence-corrected chi connectivity index (χ3v) is 6.66. The Labute approximate surface area is 178 Å². The predicted molar refractivity (Wildman–Crippen MR) is 118 cm³/mol. The summed E-state index contributed by atoms with van der Waals surface area (Å²) in [5, 5.41) is 5.17. The fourth-order valence-corrected chi connectivity index (χ4v) is 5.01. The zero-order valence-corrected chi connectivity index (χ0v) is 17.4. The highest BCUT2D eigenvalue weighted by Gasteiger charge is 2.20. The predicted octanol–water partition coefficient (Wildman–Crippen LogP) is 6.64. The van der Waals surface area contributed by atoms with Crippen LogP contribution in [0.4, 0.5) is 0 Å². The molecule has 1 aliphatic carbocycles. The van der Waals surface area contributed by atoms with Gasteiger partial charge in [-0.2, -0.15) is 5.10 Å². The Morgan fingerprint density at radius 2 is 1.76 bits per heavy atom. The number of halogens is 1. The highest BCUT2D eigenvalue weighted by atomic mass is 35.5. The van der Waals surface area contributed by atoms with E-state index < -0.39 is 0 Å². The van der Waals surface area contributed by atoms with Gasteiger partial charge in [0.05, 0.1) is 33.0 Å². The van der Waals surface area contributed by atoms with Crippen molar-refractivity contribution in [3.8, 4) is 32.6 Å². The Bertz CT molecular complexity index is 1130. The van der Waals surface area contributed by atoms with Gasteiger partial charge in [-0.25, -0.2) is 9.67 Å². The summed E-state index contributed by atoms with van der Waals surface area (Å²) in [6.45, 7) is 0. The van der Waals surface area contributed by atoms with Gasteiger partial charge in [0.25, 0.3) is 0 Å². The third-order valence-electron chi connectivity index (χ3n) is 5.20. The normalized spacial score (nSPS) is 14.4. The second kappa shape index (κ2) is 8.01. The lowest BCUT2D eigenvalue weighted by molar-refractivity contribution is 0.202. The van der Waals surface area contributed by atoms with Gasteiger partial charge >= 0.3 is 0 Å². The van der Waals surface area contributed by atoms with Crippen LogP contribution >= 0.6 is 22.9 Å². The molecular weight excluding hydrogens is 402 g/mol. The molecule has 0 unspecified atom stereocenters. The van der Waals surface area contributed by atoms with E-state index in [2.05, 4.69) is 28.3 Å². The largest absolute Gasteiger partial charge is 0.474 e. The average molecular weight is 422 g/mol. The maximum Gasteiger partial charge on any atom is 0.222 e. The molecule has 0 aliphatic heterocycles. The average Bonchev–Trinajstić information content (AvgIpc) is 3.50. The molecule has 1 aliphatic rings. The quantitative estimate of drug-likeness (QED) is 0.362. The van der Waals surface area contributed by atoms with E-state index in [0.29, 0.717) is 5.02 Å². The van der Waals surface area contributed by atoms with Crippen molar-refractivity contribution in [3.05, 3.63) is 72.0 Å². The van der Waals surface area contributed by atoms with Crippen LogP contribution in [0, 0.1) is 0 Å². The molecule has 5 rings (SSSR count). The van der Waals surface area contributed by atoms with Gasteiger partial charge in [0, 0.05) is 11.1 Å². The summed E-state index contributed by atoms with van der Waals surface area (Å²) in [6, 6.07) is 18.0. The van der Waals surface area contributed by atoms with Crippen LogP contribution < -0.4 is 4.74 Å². The van der Waals surface area contributed by atoms with Gasteiger partial charge in [0.2, 0.25) is 5.88 Å². The number of nitrogens with zero attached hydrogens (tertiary/aromatic N) is 3. The molecule has 29 heavy (non-hydrogen) atoms. The summed E-state index contributed by atoms with van der Waals surface area (Å²) in [5.41, 5.74) is 2.92. The SMILES string of the molecule is Clc1ccccc1-n1nccc1-c1ccc(-c2cccnc2OC2CCCC2)s1. The van der Waals surface area contributed by atoms with E-state index in [1.807, 2.05) is 41.1 Å². The van der Waals surface area contributed by atoms with Crippen LogP contribution in [0.2, 0.25) is 5.02 Å². The molecule has 4 nitrogen and oxygen atoms in total. The molecule has 0 saturated heterocycles. The molecule has 1 fully saturated rings. The van der Waals surface area contributed by atoms with Crippen molar-refractivity contribution in [2.45, 2.75) is 31.8 Å². The van der Waals surface area contributed by atoms with Crippen LogP contribution in [0.1, 0.15) is 25.7 Å². The molecule has 4 aromatic rings. The van der Waals surface area contributed by atoms with E-state index in [9.17, 15) is 0 Å². The molecule has 0 N–H and O–H groups in total. The maximum atomic E-state index is 6.40. The summed E-state index contributed by atoms with van der Waals surface area (Å²) in [7, 11) is 0. The van der Waals surface area contributed by atoms with Crippen molar-refractivity contribution in [3.63, 3.8) is 0 Å². The first-order valence-electron chi connectivity index (χ1n) is 9.81. The number of pyridine rings is 1. The number of para-hydroxylation sites is 1. The number of benzene rings is 1. The van der Waals surface area contributed by atoms with Gasteiger partial charge in [-0.1, -0.05) is 23.7 Å². The number of ether oxygens (including phenoxy) is 1. The van der Waals surface area contributed by atoms with Gasteiger partial charge in [-0.3, -0.25) is 0 Å². The minimum absolute atomic E-state index is 0.282. The number of thiophene rings is 1. The Morgan fingerprint density at radius 1 is 0.931 bits per heavy atom. The molecule has 0 atom stereocenters. The Morgan fingerprint density at radius 3 is 2.62 bits per heavy atom. The Kier molecular flexibility index (Phi) is 5.08. The molecular formula is C23H20ClN3OS. The van der Waals surface area contributed by atoms with Crippen LogP contribution in [-0.4, -0.2) is 20.9 Å². The molecule has 0 radical (unpaired) electrons. The summed E-state index contributed by atoms with van der Waals surface area (Å²) < 4.78 is 8.12. The van der Waals surface area contributed by atoms with Gasteiger partial charge in [-0.05, 0) is 68.1 Å². The molecule has 3 aromatic heterocycles. The minimum atomic E-state index is 0.282. The van der Waals surface area contributed by atoms with Crippen LogP contribution in [0.15, 0.2) is 67.0 Å². The van der Waals surface area contributed by atoms with Crippen LogP contribution in [-0.2, 0) is 0 Å². The van der Waals surface area contributed by atoms with E-state index >= 15 is 0 Å². The lowest BCUT2D eigenvalue weighted by Gasteiger charge is -2.14. The lowest BCUT2D eigenvalue weighted by atomic mass is 10.2. The van der Waals surface area contributed by atoms with E-state index in [0.717, 1.165) is 45.4 Å². The fourth-order valence-electron chi connectivity index (χ4n) is 3.76. The van der Waals surface area contributed by atoms with E-state index in [1.165, 1.54) is 12.8 Å². The Hall–Kier alpha value is -2.63. The first kappa shape index (κ1) is 18.4. The summed E-state index contributed by atoms with van der Waals surface area (Å²) in [5.74, 6) is 0.729. The topological polar surface area (TPSA) is 39.9 Å². The monoisotopic (exact) mass is 421 g/mol. The maximum absolute atomic E-state index is 6.40. The summed E-state index contributed by atoms with van der Waals surface area (Å²) in [4.78, 5) is 6.77. The summed E-state index contributed by atoms with van der Waals surface area (Å²) >= 11 is 8.10. The number of hydrogen-bond donors (Lipinski definition) is 0. The molecule has 6 heteroatoms. The zero-order chi connectivity index (χ0) is 19.6. The molecule has 0 bridgehead atoms. The van der Waals surface area contributed by atoms with Gasteiger partial charge in [0.1, 0.15) is 6.10 Å². The highest BCUT2D eigenvalue weighted by molar-refractivity contribution is 7.18. The minimum Gasteiger partial charge on any atom is -0.474 e. The van der Waals surface area contributed by atoms with E-state index in [-0.39, 0.29) is 6.10 Å². The second-order valence-electron chi connectivity index (χ2n) is 7.12. The van der Waals surface area contributed by atoms with Gasteiger partial charge in [-0.15, -0.1) is 11.3 Å². The van der Waals surface area contributed by atoms with Crippen LogP contribution in [0.3, 0.4) is 0 Å². The first-order chi connectivity index (χ1) is 14.3. The highest BCUT2D eigenvalue weighted by Crippen LogP contribution is 2.39.